The van der Waals surface area contributed by atoms with Gasteiger partial charge in [0.25, 0.3) is 0 Å². The molecule has 0 spiro atoms. The number of hydrogen-bond donors (Lipinski definition) is 2. The predicted molar refractivity (Wildman–Crippen MR) is 102 cm³/mol. The van der Waals surface area contributed by atoms with Crippen LogP contribution in [-0.2, 0) is 11.2 Å². The van der Waals surface area contributed by atoms with Gasteiger partial charge in [-0.15, -0.1) is 0 Å². The summed E-state index contributed by atoms with van der Waals surface area (Å²) in [6, 6.07) is 14.6. The van der Waals surface area contributed by atoms with Crippen LogP contribution in [-0.4, -0.2) is 17.6 Å². The molecule has 4 nitrogen and oxygen atoms in total. The highest BCUT2D eigenvalue weighted by Gasteiger charge is 2.07. The lowest BCUT2D eigenvalue weighted by atomic mass is 10.1. The van der Waals surface area contributed by atoms with Gasteiger partial charge in [0.2, 0.25) is 5.91 Å². The van der Waals surface area contributed by atoms with Gasteiger partial charge in [-0.05, 0) is 48.5 Å². The first-order valence-corrected chi connectivity index (χ1v) is 8.43. The van der Waals surface area contributed by atoms with E-state index in [9.17, 15) is 4.79 Å². The number of rotatable bonds is 6. The Morgan fingerprint density at radius 1 is 1.21 bits per heavy atom. The molecule has 0 heterocycles. The van der Waals surface area contributed by atoms with Crippen molar-refractivity contribution in [3.05, 3.63) is 59.1 Å². The average Bonchev–Trinajstić information content (AvgIpc) is 2.55. The predicted octanol–water partition coefficient (Wildman–Crippen LogP) is 4.18. The fourth-order valence-electron chi connectivity index (χ4n) is 2.00. The van der Waals surface area contributed by atoms with Crippen LogP contribution in [0, 0.1) is 0 Å². The van der Waals surface area contributed by atoms with E-state index < -0.39 is 0 Å². The van der Waals surface area contributed by atoms with E-state index in [4.69, 9.17) is 28.6 Å². The number of anilines is 1. The van der Waals surface area contributed by atoms with Crippen LogP contribution in [0.5, 0.6) is 5.75 Å². The standard InChI is InChI=1S/C18H19ClN2O2S/c1-2-10-23-16-5-3-4-15(12-16)20-18(24)21-17(22)11-13-6-8-14(19)9-7-13/h3-9,12H,2,10-11H2,1H3,(H2,20,21,22,24). The molecule has 0 aliphatic rings. The molecule has 2 rings (SSSR count). The van der Waals surface area contributed by atoms with Crippen molar-refractivity contribution < 1.29 is 9.53 Å². The number of benzene rings is 2. The van der Waals surface area contributed by atoms with Crippen LogP contribution in [0.4, 0.5) is 5.69 Å². The van der Waals surface area contributed by atoms with Crippen LogP contribution in [0.15, 0.2) is 48.5 Å². The molecule has 1 amide bonds. The molecule has 0 saturated carbocycles. The minimum absolute atomic E-state index is 0.187. The molecule has 126 valence electrons. The van der Waals surface area contributed by atoms with Crippen molar-refractivity contribution in [2.24, 2.45) is 0 Å². The molecular weight excluding hydrogens is 344 g/mol. The zero-order chi connectivity index (χ0) is 17.4. The molecule has 0 atom stereocenters. The molecule has 0 aliphatic heterocycles. The van der Waals surface area contributed by atoms with Crippen molar-refractivity contribution in [1.82, 2.24) is 5.32 Å². The lowest BCUT2D eigenvalue weighted by Gasteiger charge is -2.11. The Kier molecular flexibility index (Phi) is 7.03. The van der Waals surface area contributed by atoms with Crippen molar-refractivity contribution in [3.8, 4) is 5.75 Å². The van der Waals surface area contributed by atoms with E-state index in [1.54, 1.807) is 12.1 Å². The first kappa shape index (κ1) is 18.2. The van der Waals surface area contributed by atoms with E-state index in [1.807, 2.05) is 43.3 Å². The summed E-state index contributed by atoms with van der Waals surface area (Å²) in [7, 11) is 0. The van der Waals surface area contributed by atoms with E-state index in [2.05, 4.69) is 10.6 Å². The monoisotopic (exact) mass is 362 g/mol. The van der Waals surface area contributed by atoms with Gasteiger partial charge in [-0.3, -0.25) is 4.79 Å². The topological polar surface area (TPSA) is 50.4 Å². The summed E-state index contributed by atoms with van der Waals surface area (Å²) in [5.41, 5.74) is 1.63. The maximum atomic E-state index is 12.0. The van der Waals surface area contributed by atoms with Gasteiger partial charge in [-0.1, -0.05) is 36.7 Å². The zero-order valence-electron chi connectivity index (χ0n) is 13.3. The van der Waals surface area contributed by atoms with Crippen LogP contribution >= 0.6 is 23.8 Å². The minimum Gasteiger partial charge on any atom is -0.494 e. The molecule has 6 heteroatoms. The fraction of sp³-hybridized carbons (Fsp3) is 0.222. The van der Waals surface area contributed by atoms with Crippen LogP contribution in [0.25, 0.3) is 0 Å². The van der Waals surface area contributed by atoms with Gasteiger partial charge < -0.3 is 15.4 Å². The molecule has 0 bridgehead atoms. The summed E-state index contributed by atoms with van der Waals surface area (Å²) in [5.74, 6) is 0.574. The van der Waals surface area contributed by atoms with Crippen LogP contribution in [0.1, 0.15) is 18.9 Å². The molecule has 2 aromatic rings. The molecule has 24 heavy (non-hydrogen) atoms. The number of carbonyl (C=O) groups is 1. The van der Waals surface area contributed by atoms with Gasteiger partial charge in [0.1, 0.15) is 5.75 Å². The van der Waals surface area contributed by atoms with E-state index in [1.165, 1.54) is 0 Å². The van der Waals surface area contributed by atoms with Gasteiger partial charge in [0.05, 0.1) is 13.0 Å². The highest BCUT2D eigenvalue weighted by molar-refractivity contribution is 7.80. The Morgan fingerprint density at radius 2 is 1.96 bits per heavy atom. The van der Waals surface area contributed by atoms with Gasteiger partial charge in [-0.2, -0.15) is 0 Å². The fourth-order valence-corrected chi connectivity index (χ4v) is 2.36. The maximum absolute atomic E-state index is 12.0. The Bertz CT molecular complexity index is 704. The van der Waals surface area contributed by atoms with Crippen LogP contribution in [0.2, 0.25) is 5.02 Å². The van der Waals surface area contributed by atoms with Crippen molar-refractivity contribution in [3.63, 3.8) is 0 Å². The van der Waals surface area contributed by atoms with E-state index in [0.29, 0.717) is 11.6 Å². The maximum Gasteiger partial charge on any atom is 0.230 e. The Balaban J connectivity index is 1.86. The second kappa shape index (κ2) is 9.25. The van der Waals surface area contributed by atoms with Gasteiger partial charge in [0, 0.05) is 16.8 Å². The zero-order valence-corrected chi connectivity index (χ0v) is 14.9. The first-order chi connectivity index (χ1) is 11.6. The minimum atomic E-state index is -0.187. The number of amides is 1. The normalized spacial score (nSPS) is 10.1. The first-order valence-electron chi connectivity index (χ1n) is 7.65. The third kappa shape index (κ3) is 6.18. The van der Waals surface area contributed by atoms with Gasteiger partial charge in [-0.25, -0.2) is 0 Å². The van der Waals surface area contributed by atoms with Crippen LogP contribution < -0.4 is 15.4 Å². The Hall–Kier alpha value is -2.11. The number of thiocarbonyl (C=S) groups is 1. The number of ether oxygens (including phenoxy) is 1. The quantitative estimate of drug-likeness (QED) is 0.757. The summed E-state index contributed by atoms with van der Waals surface area (Å²) < 4.78 is 5.57. The SMILES string of the molecule is CCCOc1cccc(NC(=S)NC(=O)Cc2ccc(Cl)cc2)c1. The molecule has 0 aliphatic carbocycles. The molecular formula is C18H19ClN2O2S. The molecule has 2 aromatic carbocycles. The third-order valence-corrected chi connectivity index (χ3v) is 3.55. The number of halogens is 1. The molecule has 0 unspecified atom stereocenters. The summed E-state index contributed by atoms with van der Waals surface area (Å²) in [4.78, 5) is 12.0. The smallest absolute Gasteiger partial charge is 0.230 e. The summed E-state index contributed by atoms with van der Waals surface area (Å²) >= 11 is 11.0. The highest BCUT2D eigenvalue weighted by atomic mass is 35.5. The second-order valence-electron chi connectivity index (χ2n) is 5.18. The van der Waals surface area contributed by atoms with E-state index >= 15 is 0 Å². The van der Waals surface area contributed by atoms with E-state index in [-0.39, 0.29) is 17.4 Å². The summed E-state index contributed by atoms with van der Waals surface area (Å²) in [6.45, 7) is 2.71. The summed E-state index contributed by atoms with van der Waals surface area (Å²) in [6.07, 6.45) is 1.18. The van der Waals surface area contributed by atoms with Crippen molar-refractivity contribution in [2.45, 2.75) is 19.8 Å². The molecule has 0 radical (unpaired) electrons. The van der Waals surface area contributed by atoms with Crippen LogP contribution in [0.3, 0.4) is 0 Å². The van der Waals surface area contributed by atoms with Crippen molar-refractivity contribution in [2.75, 3.05) is 11.9 Å². The lowest BCUT2D eigenvalue weighted by molar-refractivity contribution is -0.119. The molecule has 0 aromatic heterocycles. The third-order valence-electron chi connectivity index (χ3n) is 3.10. The number of hydrogen-bond acceptors (Lipinski definition) is 3. The largest absolute Gasteiger partial charge is 0.494 e. The molecule has 0 fully saturated rings. The number of carbonyl (C=O) groups excluding carboxylic acids is 1. The number of nitrogens with one attached hydrogen (secondary N) is 2. The van der Waals surface area contributed by atoms with Crippen molar-refractivity contribution in [1.29, 1.82) is 0 Å². The lowest BCUT2D eigenvalue weighted by Crippen LogP contribution is -2.35. The van der Waals surface area contributed by atoms with E-state index in [0.717, 1.165) is 23.4 Å². The Morgan fingerprint density at radius 3 is 2.67 bits per heavy atom. The second-order valence-corrected chi connectivity index (χ2v) is 6.03. The van der Waals surface area contributed by atoms with Crippen molar-refractivity contribution >= 4 is 40.5 Å². The van der Waals surface area contributed by atoms with Gasteiger partial charge >= 0.3 is 0 Å². The molecule has 0 saturated heterocycles. The van der Waals surface area contributed by atoms with Gasteiger partial charge in [0.15, 0.2) is 5.11 Å². The molecule has 2 N–H and O–H groups in total. The summed E-state index contributed by atoms with van der Waals surface area (Å²) in [5, 5.41) is 6.54. The Labute approximate surface area is 152 Å². The highest BCUT2D eigenvalue weighted by Crippen LogP contribution is 2.17. The average molecular weight is 363 g/mol.